The number of hydrogen-bond acceptors (Lipinski definition) is 5. The zero-order valence-corrected chi connectivity index (χ0v) is 17.5. The van der Waals surface area contributed by atoms with Gasteiger partial charge in [-0.25, -0.2) is 4.79 Å². The molecule has 0 amide bonds. The van der Waals surface area contributed by atoms with Crippen molar-refractivity contribution < 1.29 is 14.5 Å². The van der Waals surface area contributed by atoms with Crippen molar-refractivity contribution >= 4 is 46.7 Å². The summed E-state index contributed by atoms with van der Waals surface area (Å²) in [4.78, 5) is 25.3. The quantitative estimate of drug-likeness (QED) is 0.262. The van der Waals surface area contributed by atoms with Crippen LogP contribution in [0.4, 0.5) is 5.69 Å². The van der Waals surface area contributed by atoms with Gasteiger partial charge in [0.05, 0.1) is 4.92 Å². The molecule has 1 aliphatic heterocycles. The minimum Gasteiger partial charge on any atom is -0.458 e. The summed E-state index contributed by atoms with van der Waals surface area (Å²) in [6.45, 7) is 2.55. The first-order valence-corrected chi connectivity index (χ1v) is 9.52. The lowest BCUT2D eigenvalue weighted by Gasteiger charge is -2.31. The molecule has 1 fully saturated rings. The van der Waals surface area contributed by atoms with Crippen LogP contribution >= 0.6 is 35.0 Å². The van der Waals surface area contributed by atoms with E-state index in [0.717, 1.165) is 32.5 Å². The number of esters is 1. The van der Waals surface area contributed by atoms with Gasteiger partial charge in [-0.05, 0) is 53.1 Å². The maximum atomic E-state index is 12.4. The highest BCUT2D eigenvalue weighted by molar-refractivity contribution is 14.1. The topological polar surface area (TPSA) is 72.7 Å². The molecule has 0 unspecified atom stereocenters. The normalized spacial score (nSPS) is 15.0. The lowest BCUT2D eigenvalue weighted by molar-refractivity contribution is -0.385. The summed E-state index contributed by atoms with van der Waals surface area (Å²) in [5.41, 5.74) is 1.07. The van der Waals surface area contributed by atoms with Crippen LogP contribution in [0.1, 0.15) is 28.8 Å². The highest BCUT2D eigenvalue weighted by Gasteiger charge is 2.27. The van der Waals surface area contributed by atoms with Crippen molar-refractivity contribution in [2.75, 3.05) is 13.1 Å². The van der Waals surface area contributed by atoms with Crippen molar-refractivity contribution in [2.45, 2.75) is 25.5 Å². The minimum atomic E-state index is -0.616. The van der Waals surface area contributed by atoms with E-state index in [9.17, 15) is 14.9 Å². The van der Waals surface area contributed by atoms with Crippen LogP contribution < -0.4 is 0 Å². The Hall–Kier alpha value is -1.71. The number of likely N-dealkylation sites (tertiary alicyclic amines) is 1. The van der Waals surface area contributed by atoms with Gasteiger partial charge < -0.3 is 4.74 Å². The van der Waals surface area contributed by atoms with Gasteiger partial charge in [-0.15, -0.1) is 12.4 Å². The van der Waals surface area contributed by atoms with Crippen LogP contribution in [0.25, 0.3) is 0 Å². The Balaban J connectivity index is 0.00000261. The van der Waals surface area contributed by atoms with Crippen molar-refractivity contribution in [1.29, 1.82) is 0 Å². The smallest absolute Gasteiger partial charge is 0.345 e. The Morgan fingerprint density at radius 2 is 1.85 bits per heavy atom. The van der Waals surface area contributed by atoms with Gasteiger partial charge in [0.1, 0.15) is 11.7 Å². The molecule has 0 saturated carbocycles. The number of nitro groups is 1. The molecular weight excluding hydrogens is 483 g/mol. The number of ether oxygens (including phenoxy) is 1. The maximum absolute atomic E-state index is 12.4. The molecule has 0 bridgehead atoms. The monoisotopic (exact) mass is 502 g/mol. The Morgan fingerprint density at radius 1 is 1.19 bits per heavy atom. The number of rotatable bonds is 5. The molecule has 144 valence electrons. The van der Waals surface area contributed by atoms with Gasteiger partial charge in [-0.2, -0.15) is 0 Å². The molecule has 0 aliphatic carbocycles. The average molecular weight is 503 g/mol. The molecule has 27 heavy (non-hydrogen) atoms. The summed E-state index contributed by atoms with van der Waals surface area (Å²) in [7, 11) is 0. The third-order valence-corrected chi connectivity index (χ3v) is 5.10. The van der Waals surface area contributed by atoms with Crippen molar-refractivity contribution in [2.24, 2.45) is 0 Å². The molecule has 8 heteroatoms. The predicted octanol–water partition coefficient (Wildman–Crippen LogP) is 4.44. The number of nitro benzene ring substituents is 1. The number of carbonyl (C=O) groups is 1. The fraction of sp³-hybridized carbons (Fsp3) is 0.316. The fourth-order valence-corrected chi connectivity index (χ4v) is 3.54. The van der Waals surface area contributed by atoms with Gasteiger partial charge in [0.25, 0.3) is 5.69 Å². The Labute approximate surface area is 177 Å². The summed E-state index contributed by atoms with van der Waals surface area (Å²) in [5, 5.41) is 11.2. The van der Waals surface area contributed by atoms with Gasteiger partial charge in [0.2, 0.25) is 0 Å². The third kappa shape index (κ3) is 5.88. The number of halogens is 2. The van der Waals surface area contributed by atoms with Crippen molar-refractivity contribution in [3.8, 4) is 0 Å². The van der Waals surface area contributed by atoms with Gasteiger partial charge >= 0.3 is 5.97 Å². The van der Waals surface area contributed by atoms with E-state index in [-0.39, 0.29) is 29.8 Å². The summed E-state index contributed by atoms with van der Waals surface area (Å²) >= 11 is 1.98. The Kier molecular flexibility index (Phi) is 8.00. The molecule has 3 rings (SSSR count). The van der Waals surface area contributed by atoms with E-state index in [2.05, 4.69) is 17.0 Å². The van der Waals surface area contributed by atoms with Crippen LogP contribution in [0.5, 0.6) is 0 Å². The molecule has 0 atom stereocenters. The number of benzene rings is 2. The Bertz CT molecular complexity index is 796. The van der Waals surface area contributed by atoms with Gasteiger partial charge in [-0.3, -0.25) is 15.0 Å². The first-order valence-electron chi connectivity index (χ1n) is 8.44. The van der Waals surface area contributed by atoms with Gasteiger partial charge in [-0.1, -0.05) is 30.3 Å². The molecule has 1 saturated heterocycles. The van der Waals surface area contributed by atoms with E-state index < -0.39 is 10.9 Å². The predicted molar refractivity (Wildman–Crippen MR) is 113 cm³/mol. The average Bonchev–Trinajstić information content (AvgIpc) is 2.64. The van der Waals surface area contributed by atoms with E-state index in [0.29, 0.717) is 3.57 Å². The number of hydrogen-bond donors (Lipinski definition) is 0. The first kappa shape index (κ1) is 21.6. The van der Waals surface area contributed by atoms with Gasteiger partial charge in [0.15, 0.2) is 0 Å². The summed E-state index contributed by atoms with van der Waals surface area (Å²) in [5.74, 6) is -0.616. The second kappa shape index (κ2) is 10.0. The summed E-state index contributed by atoms with van der Waals surface area (Å²) in [6, 6.07) is 14.8. The number of nitrogens with zero attached hydrogens (tertiary/aromatic N) is 2. The first-order chi connectivity index (χ1) is 12.5. The number of carbonyl (C=O) groups excluding carboxylic acids is 1. The van der Waals surface area contributed by atoms with Crippen molar-refractivity contribution in [3.63, 3.8) is 0 Å². The molecule has 0 N–H and O–H groups in total. The van der Waals surface area contributed by atoms with Crippen LogP contribution in [0.3, 0.4) is 0 Å². The lowest BCUT2D eigenvalue weighted by Crippen LogP contribution is -2.37. The van der Waals surface area contributed by atoms with Crippen LogP contribution in [0, 0.1) is 13.7 Å². The maximum Gasteiger partial charge on any atom is 0.345 e. The van der Waals surface area contributed by atoms with Crippen LogP contribution in [-0.2, 0) is 11.3 Å². The molecular formula is C19H20ClIN2O4. The summed E-state index contributed by atoms with van der Waals surface area (Å²) in [6.07, 6.45) is 1.27. The molecule has 2 aromatic rings. The highest BCUT2D eigenvalue weighted by atomic mass is 127. The van der Waals surface area contributed by atoms with Gasteiger partial charge in [0, 0.05) is 29.3 Å². The molecule has 0 spiro atoms. The molecule has 1 heterocycles. The van der Waals surface area contributed by atoms with Crippen LogP contribution in [0.2, 0.25) is 0 Å². The van der Waals surface area contributed by atoms with E-state index in [1.807, 2.05) is 40.8 Å². The molecule has 0 radical (unpaired) electrons. The van der Waals surface area contributed by atoms with Crippen molar-refractivity contribution in [1.82, 2.24) is 4.90 Å². The lowest BCUT2D eigenvalue weighted by atomic mass is 10.1. The summed E-state index contributed by atoms with van der Waals surface area (Å²) < 4.78 is 6.24. The number of piperidine rings is 1. The van der Waals surface area contributed by atoms with Crippen LogP contribution in [-0.4, -0.2) is 35.0 Å². The van der Waals surface area contributed by atoms with E-state index in [4.69, 9.17) is 4.74 Å². The second-order valence-electron chi connectivity index (χ2n) is 6.28. The van der Waals surface area contributed by atoms with E-state index in [1.54, 1.807) is 6.07 Å². The van der Waals surface area contributed by atoms with Crippen LogP contribution in [0.15, 0.2) is 48.5 Å². The largest absolute Gasteiger partial charge is 0.458 e. The third-order valence-electron chi connectivity index (χ3n) is 4.43. The SMILES string of the molecule is Cl.O=C(OC1CCN(Cc2ccccc2)CC1)c1ccc(I)cc1[N+](=O)[O-]. The molecule has 2 aromatic carbocycles. The van der Waals surface area contributed by atoms with E-state index >= 15 is 0 Å². The van der Waals surface area contributed by atoms with E-state index in [1.165, 1.54) is 17.7 Å². The zero-order chi connectivity index (χ0) is 18.5. The second-order valence-corrected chi connectivity index (χ2v) is 7.53. The Morgan fingerprint density at radius 3 is 2.48 bits per heavy atom. The molecule has 0 aromatic heterocycles. The molecule has 1 aliphatic rings. The fourth-order valence-electron chi connectivity index (χ4n) is 3.07. The van der Waals surface area contributed by atoms with Crippen molar-refractivity contribution in [3.05, 3.63) is 73.3 Å². The minimum absolute atomic E-state index is 0. The standard InChI is InChI=1S/C19H19IN2O4.ClH/c20-15-6-7-17(18(12-15)22(24)25)19(23)26-16-8-10-21(11-9-16)13-14-4-2-1-3-5-14;/h1-7,12,16H,8-11,13H2;1H. The zero-order valence-electron chi connectivity index (χ0n) is 14.5. The molecule has 6 nitrogen and oxygen atoms in total. The highest BCUT2D eigenvalue weighted by Crippen LogP contribution is 2.24.